The minimum Gasteiger partial charge on any atom is -0.496 e. The molecule has 0 aliphatic carbocycles. The van der Waals surface area contributed by atoms with E-state index in [2.05, 4.69) is 4.98 Å². The molecule has 0 radical (unpaired) electrons. The maximum Gasteiger partial charge on any atom is 0.280 e. The van der Waals surface area contributed by atoms with Crippen LogP contribution in [-0.2, 0) is 0 Å². The van der Waals surface area contributed by atoms with E-state index in [1.807, 2.05) is 0 Å². The van der Waals surface area contributed by atoms with Crippen LogP contribution in [0.2, 0.25) is 0 Å². The first-order chi connectivity index (χ1) is 8.04. The number of fused-ring (bicyclic) bond motifs is 1. The number of pyridine rings is 1. The van der Waals surface area contributed by atoms with Crippen molar-refractivity contribution in [1.29, 1.82) is 0 Å². The second kappa shape index (κ2) is 4.12. The molecule has 1 aromatic heterocycles. The normalized spacial score (nSPS) is 11.1. The zero-order valence-corrected chi connectivity index (χ0v) is 8.88. The first-order valence-electron chi connectivity index (χ1n) is 4.75. The van der Waals surface area contributed by atoms with Gasteiger partial charge in [-0.2, -0.15) is 0 Å². The number of hydrogen-bond donors (Lipinski definition) is 1. The molecule has 0 fully saturated rings. The molecule has 1 aromatic carbocycles. The van der Waals surface area contributed by atoms with E-state index in [1.165, 1.54) is 13.2 Å². The topological polar surface area (TPSA) is 48.1 Å². The molecular weight excluding hydrogens is 233 g/mol. The van der Waals surface area contributed by atoms with Crippen molar-refractivity contribution in [1.82, 2.24) is 4.98 Å². The molecule has 0 saturated carbocycles. The summed E-state index contributed by atoms with van der Waals surface area (Å²) in [6.45, 7) is 0. The fraction of sp³-hybridized carbons (Fsp3) is 0.182. The standard InChI is InChI=1S/C11H9F3N2O/c1-17-8-3-2-5(12)10-9(8)6(15)4-7(16-10)11(13)14/h2-4,11H,1H3,(H2,15,16). The average molecular weight is 242 g/mol. The molecule has 0 unspecified atom stereocenters. The molecule has 2 rings (SSSR count). The third-order valence-electron chi connectivity index (χ3n) is 2.37. The van der Waals surface area contributed by atoms with Gasteiger partial charge in [0.2, 0.25) is 0 Å². The molecule has 0 atom stereocenters. The Bertz CT molecular complexity index is 572. The smallest absolute Gasteiger partial charge is 0.280 e. The molecule has 2 N–H and O–H groups in total. The Labute approximate surface area is 95.0 Å². The summed E-state index contributed by atoms with van der Waals surface area (Å²) >= 11 is 0. The molecule has 1 heterocycles. The van der Waals surface area contributed by atoms with E-state index in [1.54, 1.807) is 0 Å². The van der Waals surface area contributed by atoms with Gasteiger partial charge in [0, 0.05) is 5.69 Å². The third kappa shape index (κ3) is 1.86. The average Bonchev–Trinajstić information content (AvgIpc) is 2.30. The van der Waals surface area contributed by atoms with Gasteiger partial charge in [-0.3, -0.25) is 0 Å². The van der Waals surface area contributed by atoms with Gasteiger partial charge in [0.05, 0.1) is 12.5 Å². The van der Waals surface area contributed by atoms with Crippen LogP contribution in [0.1, 0.15) is 12.1 Å². The van der Waals surface area contributed by atoms with Gasteiger partial charge in [0.1, 0.15) is 22.8 Å². The van der Waals surface area contributed by atoms with Crippen LogP contribution >= 0.6 is 0 Å². The quantitative estimate of drug-likeness (QED) is 0.880. The maximum absolute atomic E-state index is 13.5. The van der Waals surface area contributed by atoms with Gasteiger partial charge in [-0.15, -0.1) is 0 Å². The van der Waals surface area contributed by atoms with E-state index in [0.29, 0.717) is 5.75 Å². The summed E-state index contributed by atoms with van der Waals surface area (Å²) < 4.78 is 43.5. The van der Waals surface area contributed by atoms with Gasteiger partial charge in [0.25, 0.3) is 6.43 Å². The second-order valence-corrected chi connectivity index (χ2v) is 3.41. The van der Waals surface area contributed by atoms with E-state index in [9.17, 15) is 13.2 Å². The van der Waals surface area contributed by atoms with E-state index >= 15 is 0 Å². The molecule has 17 heavy (non-hydrogen) atoms. The summed E-state index contributed by atoms with van der Waals surface area (Å²) in [6.07, 6.45) is -2.80. The van der Waals surface area contributed by atoms with Gasteiger partial charge in [-0.05, 0) is 18.2 Å². The number of benzene rings is 1. The number of methoxy groups -OCH3 is 1. The lowest BCUT2D eigenvalue weighted by Crippen LogP contribution is -1.99. The van der Waals surface area contributed by atoms with Crippen molar-refractivity contribution in [2.45, 2.75) is 6.43 Å². The zero-order chi connectivity index (χ0) is 12.6. The first kappa shape index (κ1) is 11.5. The molecule has 90 valence electrons. The van der Waals surface area contributed by atoms with E-state index in [4.69, 9.17) is 10.5 Å². The van der Waals surface area contributed by atoms with Crippen LogP contribution in [0, 0.1) is 5.82 Å². The number of halogens is 3. The fourth-order valence-corrected chi connectivity index (χ4v) is 1.61. The summed E-state index contributed by atoms with van der Waals surface area (Å²) in [5.41, 5.74) is 4.87. The van der Waals surface area contributed by atoms with Gasteiger partial charge in [-0.25, -0.2) is 18.2 Å². The summed E-state index contributed by atoms with van der Waals surface area (Å²) in [5, 5.41) is 0.205. The second-order valence-electron chi connectivity index (χ2n) is 3.41. The number of rotatable bonds is 2. The maximum atomic E-state index is 13.5. The highest BCUT2D eigenvalue weighted by Gasteiger charge is 2.16. The fourth-order valence-electron chi connectivity index (χ4n) is 1.61. The molecule has 0 spiro atoms. The number of nitrogens with two attached hydrogens (primary N) is 1. The van der Waals surface area contributed by atoms with Gasteiger partial charge in [0.15, 0.2) is 0 Å². The number of aromatic nitrogens is 1. The number of hydrogen-bond acceptors (Lipinski definition) is 3. The van der Waals surface area contributed by atoms with Crippen LogP contribution in [0.15, 0.2) is 18.2 Å². The monoisotopic (exact) mass is 242 g/mol. The van der Waals surface area contributed by atoms with Crippen molar-refractivity contribution in [3.05, 3.63) is 29.7 Å². The van der Waals surface area contributed by atoms with Crippen LogP contribution in [0.25, 0.3) is 10.9 Å². The van der Waals surface area contributed by atoms with E-state index in [0.717, 1.165) is 12.1 Å². The highest BCUT2D eigenvalue weighted by atomic mass is 19.3. The molecule has 6 heteroatoms. The predicted octanol–water partition coefficient (Wildman–Crippen LogP) is 2.90. The molecule has 0 aliphatic rings. The largest absolute Gasteiger partial charge is 0.496 e. The molecule has 0 bridgehead atoms. The van der Waals surface area contributed by atoms with Gasteiger partial charge in [-0.1, -0.05) is 0 Å². The highest BCUT2D eigenvalue weighted by Crippen LogP contribution is 2.33. The summed E-state index contributed by atoms with van der Waals surface area (Å²) in [6, 6.07) is 3.50. The molecule has 0 amide bonds. The van der Waals surface area contributed by atoms with Crippen molar-refractivity contribution in [3.8, 4) is 5.75 Å². The SMILES string of the molecule is COc1ccc(F)c2nc(C(F)F)cc(N)c12. The predicted molar refractivity (Wildman–Crippen MR) is 57.6 cm³/mol. The third-order valence-corrected chi connectivity index (χ3v) is 2.37. The van der Waals surface area contributed by atoms with Crippen LogP contribution in [-0.4, -0.2) is 12.1 Å². The highest BCUT2D eigenvalue weighted by molar-refractivity contribution is 5.96. The molecular formula is C11H9F3N2O. The van der Waals surface area contributed by atoms with Crippen molar-refractivity contribution in [3.63, 3.8) is 0 Å². The molecule has 0 saturated heterocycles. The zero-order valence-electron chi connectivity index (χ0n) is 8.88. The Hall–Kier alpha value is -1.98. The Morgan fingerprint density at radius 1 is 1.35 bits per heavy atom. The summed E-state index contributed by atoms with van der Waals surface area (Å²) in [7, 11) is 1.38. The van der Waals surface area contributed by atoms with E-state index in [-0.39, 0.29) is 16.6 Å². The lowest BCUT2D eigenvalue weighted by Gasteiger charge is -2.10. The summed E-state index contributed by atoms with van der Waals surface area (Å²) in [5.74, 6) is -0.415. The molecule has 2 aromatic rings. The lowest BCUT2D eigenvalue weighted by atomic mass is 10.1. The van der Waals surface area contributed by atoms with Gasteiger partial charge >= 0.3 is 0 Å². The number of alkyl halides is 2. The number of ether oxygens (including phenoxy) is 1. The number of nitrogens with zero attached hydrogens (tertiary/aromatic N) is 1. The Balaban J connectivity index is 2.84. The van der Waals surface area contributed by atoms with Crippen LogP contribution in [0.4, 0.5) is 18.9 Å². The van der Waals surface area contributed by atoms with Crippen molar-refractivity contribution in [2.24, 2.45) is 0 Å². The van der Waals surface area contributed by atoms with Crippen LogP contribution in [0.5, 0.6) is 5.75 Å². The van der Waals surface area contributed by atoms with Crippen molar-refractivity contribution in [2.75, 3.05) is 12.8 Å². The number of anilines is 1. The number of nitrogen functional groups attached to an aromatic ring is 1. The summed E-state index contributed by atoms with van der Waals surface area (Å²) in [4.78, 5) is 3.56. The van der Waals surface area contributed by atoms with Crippen molar-refractivity contribution < 1.29 is 17.9 Å². The lowest BCUT2D eigenvalue weighted by molar-refractivity contribution is 0.146. The Kier molecular flexibility index (Phi) is 2.79. The Morgan fingerprint density at radius 3 is 2.65 bits per heavy atom. The Morgan fingerprint density at radius 2 is 2.06 bits per heavy atom. The van der Waals surface area contributed by atoms with Gasteiger partial charge < -0.3 is 10.5 Å². The van der Waals surface area contributed by atoms with Crippen LogP contribution < -0.4 is 10.5 Å². The first-order valence-corrected chi connectivity index (χ1v) is 4.75. The molecule has 3 nitrogen and oxygen atoms in total. The minimum atomic E-state index is -2.80. The minimum absolute atomic E-state index is 0.0154. The van der Waals surface area contributed by atoms with E-state index < -0.39 is 17.9 Å². The van der Waals surface area contributed by atoms with Crippen LogP contribution in [0.3, 0.4) is 0 Å². The molecule has 0 aliphatic heterocycles. The van der Waals surface area contributed by atoms with Crippen molar-refractivity contribution >= 4 is 16.6 Å².